The van der Waals surface area contributed by atoms with E-state index in [1.807, 2.05) is 0 Å². The number of hydrogen-bond donors (Lipinski definition) is 0. The largest absolute Gasteiger partial charge is 0.310 e. The minimum atomic E-state index is 0.0940. The van der Waals surface area contributed by atoms with Gasteiger partial charge in [-0.05, 0) is 195 Å². The molecule has 5 aromatic rings. The molecule has 57 heavy (non-hydrogen) atoms. The predicted octanol–water partition coefficient (Wildman–Crippen LogP) is 15.2. The van der Waals surface area contributed by atoms with Crippen LogP contribution in [0.5, 0.6) is 0 Å². The van der Waals surface area contributed by atoms with Crippen molar-refractivity contribution in [2.75, 3.05) is 4.90 Å². The Bertz CT molecular complexity index is 2330. The first-order valence-electron chi connectivity index (χ1n) is 22.6. The fraction of sp³-hybridized carbons (Fsp3) is 0.464. The van der Waals surface area contributed by atoms with Gasteiger partial charge in [0.25, 0.3) is 0 Å². The van der Waals surface area contributed by atoms with Crippen molar-refractivity contribution < 1.29 is 0 Å². The van der Waals surface area contributed by atoms with Gasteiger partial charge < -0.3 is 4.90 Å². The first kappa shape index (κ1) is 36.0. The summed E-state index contributed by atoms with van der Waals surface area (Å²) >= 11 is 0. The summed E-state index contributed by atoms with van der Waals surface area (Å²) in [4.78, 5) is 2.66. The average Bonchev–Trinajstić information content (AvgIpc) is 3.48. The normalized spacial score (nSPS) is 28.7. The Morgan fingerprint density at radius 3 is 1.42 bits per heavy atom. The van der Waals surface area contributed by atoms with E-state index in [9.17, 15) is 0 Å². The van der Waals surface area contributed by atoms with Crippen LogP contribution >= 0.6 is 0 Å². The smallest absolute Gasteiger partial charge is 0.0474 e. The Balaban J connectivity index is 1.20. The van der Waals surface area contributed by atoms with E-state index in [4.69, 9.17) is 0 Å². The monoisotopic (exact) mass is 749 g/mol. The van der Waals surface area contributed by atoms with Crippen LogP contribution in [0, 0.1) is 23.7 Å². The van der Waals surface area contributed by atoms with Crippen molar-refractivity contribution in [3.05, 3.63) is 137 Å². The molecule has 5 aromatic carbocycles. The molecule has 12 rings (SSSR count). The van der Waals surface area contributed by atoms with Crippen LogP contribution in [0.25, 0.3) is 22.3 Å². The maximum absolute atomic E-state index is 2.66. The first-order chi connectivity index (χ1) is 27.2. The third-order valence-electron chi connectivity index (χ3n) is 17.2. The molecule has 0 aliphatic heterocycles. The molecule has 0 amide bonds. The van der Waals surface area contributed by atoms with Gasteiger partial charge in [-0.3, -0.25) is 0 Å². The molecular formula is C56H63N. The van der Waals surface area contributed by atoms with Crippen LogP contribution in [0.15, 0.2) is 103 Å². The zero-order valence-electron chi connectivity index (χ0n) is 35.9. The summed E-state index contributed by atoms with van der Waals surface area (Å²) in [6.45, 7) is 19.7. The van der Waals surface area contributed by atoms with E-state index in [0.29, 0.717) is 0 Å². The number of hydrogen-bond acceptors (Lipinski definition) is 1. The van der Waals surface area contributed by atoms with Gasteiger partial charge in [0.05, 0.1) is 0 Å². The molecule has 0 radical (unpaired) electrons. The highest BCUT2D eigenvalue weighted by Gasteiger charge is 2.62. The Morgan fingerprint density at radius 1 is 0.404 bits per heavy atom. The summed E-state index contributed by atoms with van der Waals surface area (Å²) in [6.07, 6.45) is 11.9. The van der Waals surface area contributed by atoms with Gasteiger partial charge in [0, 0.05) is 22.5 Å². The summed E-state index contributed by atoms with van der Waals surface area (Å²) in [6, 6.07) is 41.5. The van der Waals surface area contributed by atoms with E-state index >= 15 is 0 Å². The Morgan fingerprint density at radius 2 is 0.877 bits per heavy atom. The molecule has 0 atom stereocenters. The van der Waals surface area contributed by atoms with Crippen molar-refractivity contribution >= 4 is 17.1 Å². The van der Waals surface area contributed by atoms with Crippen molar-refractivity contribution in [2.45, 2.75) is 140 Å². The third kappa shape index (κ3) is 5.12. The minimum Gasteiger partial charge on any atom is -0.310 e. The molecule has 1 nitrogen and oxygen atoms in total. The summed E-state index contributed by atoms with van der Waals surface area (Å²) in [5.41, 5.74) is 19.6. The van der Waals surface area contributed by atoms with Crippen LogP contribution < -0.4 is 4.90 Å². The molecule has 1 heteroatoms. The van der Waals surface area contributed by atoms with Crippen LogP contribution in [0.3, 0.4) is 0 Å². The predicted molar refractivity (Wildman–Crippen MR) is 240 cm³/mol. The average molecular weight is 750 g/mol. The van der Waals surface area contributed by atoms with E-state index in [1.54, 1.807) is 11.1 Å². The minimum absolute atomic E-state index is 0.0940. The van der Waals surface area contributed by atoms with E-state index in [0.717, 1.165) is 23.7 Å². The SMILES string of the molecule is CC1(C)CCC(C)(C)c2cc(N(c3cc(-c4ccccc4)c4c(c3)-c3ccccc3C43C4CC5CC(C4)CC3C5)c3ccc4c(c3)C(C)(C)CCC4(C)C)ccc21. The van der Waals surface area contributed by atoms with Crippen molar-refractivity contribution in [3.8, 4) is 22.3 Å². The van der Waals surface area contributed by atoms with E-state index < -0.39 is 0 Å². The lowest BCUT2D eigenvalue weighted by Gasteiger charge is -2.61. The van der Waals surface area contributed by atoms with Crippen LogP contribution in [0.1, 0.15) is 147 Å². The van der Waals surface area contributed by atoms with Gasteiger partial charge in [-0.2, -0.15) is 0 Å². The van der Waals surface area contributed by atoms with Crippen LogP contribution in [0.4, 0.5) is 17.1 Å². The van der Waals surface area contributed by atoms with Crippen molar-refractivity contribution in [2.24, 2.45) is 23.7 Å². The Hall–Kier alpha value is -4.10. The van der Waals surface area contributed by atoms with Crippen molar-refractivity contribution in [1.82, 2.24) is 0 Å². The van der Waals surface area contributed by atoms with E-state index in [1.165, 1.54) is 119 Å². The second kappa shape index (κ2) is 12.0. The summed E-state index contributed by atoms with van der Waals surface area (Å²) in [7, 11) is 0. The second-order valence-electron chi connectivity index (χ2n) is 22.3. The summed E-state index contributed by atoms with van der Waals surface area (Å²) in [5.74, 6) is 3.28. The Labute approximate surface area is 343 Å². The molecule has 0 aromatic heterocycles. The fourth-order valence-electron chi connectivity index (χ4n) is 14.1. The first-order valence-corrected chi connectivity index (χ1v) is 22.6. The van der Waals surface area contributed by atoms with Crippen LogP contribution in [0.2, 0.25) is 0 Å². The molecule has 292 valence electrons. The number of nitrogens with zero attached hydrogens (tertiary/aromatic N) is 1. The lowest BCUT2D eigenvalue weighted by atomic mass is 9.42. The van der Waals surface area contributed by atoms with Gasteiger partial charge in [0.2, 0.25) is 0 Å². The van der Waals surface area contributed by atoms with Gasteiger partial charge >= 0.3 is 0 Å². The van der Waals surface area contributed by atoms with Crippen LogP contribution in [-0.4, -0.2) is 0 Å². The fourth-order valence-corrected chi connectivity index (χ4v) is 14.1. The van der Waals surface area contributed by atoms with E-state index in [-0.39, 0.29) is 27.1 Å². The maximum atomic E-state index is 2.66. The summed E-state index contributed by atoms with van der Waals surface area (Å²) < 4.78 is 0. The Kier molecular flexibility index (Phi) is 7.58. The zero-order chi connectivity index (χ0) is 39.3. The second-order valence-corrected chi connectivity index (χ2v) is 22.3. The van der Waals surface area contributed by atoms with Gasteiger partial charge in [0.15, 0.2) is 0 Å². The molecule has 4 saturated carbocycles. The van der Waals surface area contributed by atoms with E-state index in [2.05, 4.69) is 163 Å². The molecule has 1 spiro atoms. The highest BCUT2D eigenvalue weighted by atomic mass is 15.1. The summed E-state index contributed by atoms with van der Waals surface area (Å²) in [5, 5.41) is 0. The van der Waals surface area contributed by atoms with Gasteiger partial charge in [0.1, 0.15) is 0 Å². The standard InChI is InChI=1S/C56H63N/c1-52(2)22-24-54(5,6)49-33-40(18-20-47(49)52)57(41-19-21-48-50(34-41)55(7,8)25-23-53(48,3)4)42-31-44(37-14-10-9-11-15-37)51-45(32-42)43-16-12-13-17-46(43)56(51)38-27-35-26-36(29-38)30-39(56)28-35/h9-21,31-36,38-39H,22-30H2,1-8H3. The molecular weight excluding hydrogens is 687 g/mol. The zero-order valence-corrected chi connectivity index (χ0v) is 35.9. The maximum Gasteiger partial charge on any atom is 0.0474 e. The molecule has 0 N–H and O–H groups in total. The number of fused-ring (bicyclic) bond motifs is 5. The molecule has 4 fully saturated rings. The molecule has 0 saturated heterocycles. The van der Waals surface area contributed by atoms with Gasteiger partial charge in [-0.25, -0.2) is 0 Å². The topological polar surface area (TPSA) is 3.24 Å². The molecule has 7 aliphatic carbocycles. The number of anilines is 3. The van der Waals surface area contributed by atoms with Gasteiger partial charge in [-0.1, -0.05) is 122 Å². The molecule has 0 heterocycles. The van der Waals surface area contributed by atoms with Crippen LogP contribution in [-0.2, 0) is 27.1 Å². The lowest BCUT2D eigenvalue weighted by molar-refractivity contribution is -0.0397. The molecule has 7 aliphatic rings. The number of benzene rings is 5. The molecule has 4 bridgehead atoms. The molecule has 0 unspecified atom stereocenters. The van der Waals surface area contributed by atoms with Crippen molar-refractivity contribution in [3.63, 3.8) is 0 Å². The highest BCUT2D eigenvalue weighted by molar-refractivity contribution is 5.94. The quantitative estimate of drug-likeness (QED) is 0.177. The third-order valence-corrected chi connectivity index (χ3v) is 17.2. The number of rotatable bonds is 4. The van der Waals surface area contributed by atoms with Crippen molar-refractivity contribution in [1.29, 1.82) is 0 Å². The lowest BCUT2D eigenvalue weighted by Crippen LogP contribution is -2.55. The van der Waals surface area contributed by atoms with Gasteiger partial charge in [-0.15, -0.1) is 0 Å². The highest BCUT2D eigenvalue weighted by Crippen LogP contribution is 2.71.